The van der Waals surface area contributed by atoms with Gasteiger partial charge in [0.25, 0.3) is 0 Å². The Bertz CT molecular complexity index is 670. The SMILES string of the molecule is NC(=O)[C@@H]1C[C@@H](F)CN1Cc1ccnn1-c1ccc(F)cc1. The molecule has 0 spiro atoms. The molecule has 1 aromatic carbocycles. The lowest BCUT2D eigenvalue weighted by Crippen LogP contribution is -2.40. The highest BCUT2D eigenvalue weighted by Crippen LogP contribution is 2.23. The maximum absolute atomic E-state index is 13.6. The highest BCUT2D eigenvalue weighted by Gasteiger charge is 2.36. The van der Waals surface area contributed by atoms with Crippen molar-refractivity contribution in [2.24, 2.45) is 5.73 Å². The van der Waals surface area contributed by atoms with Crippen LogP contribution in [0.3, 0.4) is 0 Å². The molecule has 1 fully saturated rings. The van der Waals surface area contributed by atoms with Gasteiger partial charge < -0.3 is 5.73 Å². The second kappa shape index (κ2) is 5.84. The molecule has 7 heteroatoms. The standard InChI is InChI=1S/C15H16F2N4O/c16-10-1-3-12(4-2-10)21-13(5-6-19-21)9-20-8-11(17)7-14(20)15(18)22/h1-6,11,14H,7-9H2,(H2,18,22)/t11-,14+/m1/s1. The summed E-state index contributed by atoms with van der Waals surface area (Å²) in [5.41, 5.74) is 6.82. The van der Waals surface area contributed by atoms with E-state index >= 15 is 0 Å². The molecule has 0 bridgehead atoms. The van der Waals surface area contributed by atoms with Gasteiger partial charge in [0, 0.05) is 25.7 Å². The predicted octanol–water partition coefficient (Wildman–Crippen LogP) is 1.41. The predicted molar refractivity (Wildman–Crippen MR) is 76.4 cm³/mol. The summed E-state index contributed by atoms with van der Waals surface area (Å²) in [4.78, 5) is 13.1. The molecule has 1 amide bonds. The third-order valence-electron chi connectivity index (χ3n) is 3.84. The smallest absolute Gasteiger partial charge is 0.234 e. The lowest BCUT2D eigenvalue weighted by atomic mass is 10.2. The van der Waals surface area contributed by atoms with Gasteiger partial charge in [-0.1, -0.05) is 0 Å². The molecule has 2 atom stereocenters. The quantitative estimate of drug-likeness (QED) is 0.929. The van der Waals surface area contributed by atoms with Crippen molar-refractivity contribution in [3.8, 4) is 5.69 Å². The minimum absolute atomic E-state index is 0.125. The number of nitrogens with two attached hydrogens (primary N) is 1. The average molecular weight is 306 g/mol. The average Bonchev–Trinajstić information content (AvgIpc) is 3.07. The number of aromatic nitrogens is 2. The molecule has 3 rings (SSSR count). The Kier molecular flexibility index (Phi) is 3.89. The van der Waals surface area contributed by atoms with Crippen LogP contribution in [-0.4, -0.2) is 39.3 Å². The number of carbonyl (C=O) groups excluding carboxylic acids is 1. The Balaban J connectivity index is 1.83. The van der Waals surface area contributed by atoms with Gasteiger partial charge in [0.15, 0.2) is 0 Å². The normalized spacial score (nSPS) is 22.1. The largest absolute Gasteiger partial charge is 0.368 e. The molecule has 5 nitrogen and oxygen atoms in total. The molecule has 116 valence electrons. The van der Waals surface area contributed by atoms with E-state index in [-0.39, 0.29) is 18.8 Å². The summed E-state index contributed by atoms with van der Waals surface area (Å²) in [6, 6.07) is 7.10. The maximum Gasteiger partial charge on any atom is 0.234 e. The lowest BCUT2D eigenvalue weighted by Gasteiger charge is -2.21. The molecule has 1 aliphatic rings. The van der Waals surface area contributed by atoms with E-state index in [4.69, 9.17) is 5.73 Å². The van der Waals surface area contributed by atoms with Gasteiger partial charge in [0.1, 0.15) is 12.0 Å². The Morgan fingerprint density at radius 2 is 2.05 bits per heavy atom. The summed E-state index contributed by atoms with van der Waals surface area (Å²) in [6.07, 6.45) is 0.681. The highest BCUT2D eigenvalue weighted by molar-refractivity contribution is 5.80. The van der Waals surface area contributed by atoms with Crippen LogP contribution in [0.5, 0.6) is 0 Å². The van der Waals surface area contributed by atoms with Gasteiger partial charge >= 0.3 is 0 Å². The van der Waals surface area contributed by atoms with Crippen LogP contribution in [0.2, 0.25) is 0 Å². The van der Waals surface area contributed by atoms with Gasteiger partial charge in [-0.2, -0.15) is 5.10 Å². The van der Waals surface area contributed by atoms with E-state index in [0.717, 1.165) is 5.69 Å². The van der Waals surface area contributed by atoms with Crippen LogP contribution in [0.25, 0.3) is 5.69 Å². The van der Waals surface area contributed by atoms with Crippen LogP contribution in [0, 0.1) is 5.82 Å². The van der Waals surface area contributed by atoms with Gasteiger partial charge in [0.05, 0.1) is 17.4 Å². The number of hydrogen-bond donors (Lipinski definition) is 1. The van der Waals surface area contributed by atoms with Gasteiger partial charge in [0.2, 0.25) is 5.91 Å². The molecule has 0 unspecified atom stereocenters. The second-order valence-electron chi connectivity index (χ2n) is 5.39. The number of carbonyl (C=O) groups is 1. The second-order valence-corrected chi connectivity index (χ2v) is 5.39. The van der Waals surface area contributed by atoms with Crippen molar-refractivity contribution < 1.29 is 13.6 Å². The van der Waals surface area contributed by atoms with Crippen molar-refractivity contribution in [1.29, 1.82) is 0 Å². The van der Waals surface area contributed by atoms with Crippen molar-refractivity contribution in [3.63, 3.8) is 0 Å². The Hall–Kier alpha value is -2.28. The number of halogens is 2. The van der Waals surface area contributed by atoms with E-state index in [1.807, 2.05) is 0 Å². The van der Waals surface area contributed by atoms with Crippen molar-refractivity contribution in [3.05, 3.63) is 48.0 Å². The molecule has 1 saturated heterocycles. The van der Waals surface area contributed by atoms with Crippen molar-refractivity contribution in [2.75, 3.05) is 6.54 Å². The van der Waals surface area contributed by atoms with E-state index in [1.54, 1.807) is 34.0 Å². The number of primary amides is 1. The third-order valence-corrected chi connectivity index (χ3v) is 3.84. The zero-order valence-electron chi connectivity index (χ0n) is 11.8. The Morgan fingerprint density at radius 3 is 2.73 bits per heavy atom. The molecule has 2 heterocycles. The minimum Gasteiger partial charge on any atom is -0.368 e. The van der Waals surface area contributed by atoms with Crippen molar-refractivity contribution in [1.82, 2.24) is 14.7 Å². The van der Waals surface area contributed by atoms with Gasteiger partial charge in [-0.15, -0.1) is 0 Å². The molecular weight excluding hydrogens is 290 g/mol. The fraction of sp³-hybridized carbons (Fsp3) is 0.333. The summed E-state index contributed by atoms with van der Waals surface area (Å²) < 4.78 is 28.2. The summed E-state index contributed by atoms with van der Waals surface area (Å²) in [5.74, 6) is -0.848. The molecule has 0 radical (unpaired) electrons. The Morgan fingerprint density at radius 1 is 1.32 bits per heavy atom. The van der Waals surface area contributed by atoms with Gasteiger partial charge in [-0.05, 0) is 30.3 Å². The van der Waals surface area contributed by atoms with Gasteiger partial charge in [-0.3, -0.25) is 9.69 Å². The monoisotopic (exact) mass is 306 g/mol. The molecule has 22 heavy (non-hydrogen) atoms. The summed E-state index contributed by atoms with van der Waals surface area (Å²) in [6.45, 7) is 0.521. The number of likely N-dealkylation sites (tertiary alicyclic amines) is 1. The summed E-state index contributed by atoms with van der Waals surface area (Å²) in [7, 11) is 0. The minimum atomic E-state index is -1.06. The first kappa shape index (κ1) is 14.6. The number of alkyl halides is 1. The number of benzene rings is 1. The zero-order chi connectivity index (χ0) is 15.7. The molecule has 2 N–H and O–H groups in total. The molecule has 0 aliphatic carbocycles. The molecule has 1 aromatic heterocycles. The zero-order valence-corrected chi connectivity index (χ0v) is 11.8. The highest BCUT2D eigenvalue weighted by atomic mass is 19.1. The molecule has 1 aliphatic heterocycles. The van der Waals surface area contributed by atoms with E-state index in [2.05, 4.69) is 5.10 Å². The molecule has 2 aromatic rings. The van der Waals surface area contributed by atoms with Crippen LogP contribution in [0.1, 0.15) is 12.1 Å². The fourth-order valence-electron chi connectivity index (χ4n) is 2.79. The fourth-order valence-corrected chi connectivity index (χ4v) is 2.79. The van der Waals surface area contributed by atoms with Crippen LogP contribution in [0.4, 0.5) is 8.78 Å². The maximum atomic E-state index is 13.6. The first-order valence-corrected chi connectivity index (χ1v) is 7.01. The van der Waals surface area contributed by atoms with Crippen LogP contribution < -0.4 is 5.73 Å². The molecular formula is C15H16F2N4O. The van der Waals surface area contributed by atoms with Crippen molar-refractivity contribution >= 4 is 5.91 Å². The van der Waals surface area contributed by atoms with E-state index in [1.165, 1.54) is 12.1 Å². The third kappa shape index (κ3) is 2.85. The number of amides is 1. The summed E-state index contributed by atoms with van der Waals surface area (Å²) >= 11 is 0. The van der Waals surface area contributed by atoms with Crippen molar-refractivity contribution in [2.45, 2.75) is 25.2 Å². The first-order chi connectivity index (χ1) is 10.5. The molecule has 0 saturated carbocycles. The van der Waals surface area contributed by atoms with Crippen LogP contribution in [0.15, 0.2) is 36.5 Å². The number of nitrogens with zero attached hydrogens (tertiary/aromatic N) is 3. The summed E-state index contributed by atoms with van der Waals surface area (Å²) in [5, 5.41) is 4.20. The van der Waals surface area contributed by atoms with Crippen LogP contribution >= 0.6 is 0 Å². The number of rotatable bonds is 4. The van der Waals surface area contributed by atoms with E-state index in [0.29, 0.717) is 12.2 Å². The van der Waals surface area contributed by atoms with E-state index in [9.17, 15) is 13.6 Å². The van der Waals surface area contributed by atoms with E-state index < -0.39 is 18.1 Å². The van der Waals surface area contributed by atoms with Crippen LogP contribution in [-0.2, 0) is 11.3 Å². The van der Waals surface area contributed by atoms with Gasteiger partial charge in [-0.25, -0.2) is 13.5 Å². The Labute approximate surface area is 126 Å². The topological polar surface area (TPSA) is 64.2 Å². The lowest BCUT2D eigenvalue weighted by molar-refractivity contribution is -0.122. The first-order valence-electron chi connectivity index (χ1n) is 7.01. The number of hydrogen-bond acceptors (Lipinski definition) is 3.